The van der Waals surface area contributed by atoms with Crippen LogP contribution in [0.25, 0.3) is 0 Å². The number of carbonyl (C=O) groups excluding carboxylic acids is 1. The lowest BCUT2D eigenvalue weighted by molar-refractivity contribution is -0.138. The van der Waals surface area contributed by atoms with Crippen molar-refractivity contribution < 1.29 is 18.0 Å². The summed E-state index contributed by atoms with van der Waals surface area (Å²) in [6.07, 6.45) is -2.12. The van der Waals surface area contributed by atoms with Crippen molar-refractivity contribution >= 4 is 23.2 Å². The first kappa shape index (κ1) is 26.1. The molecule has 3 nitrogen and oxygen atoms in total. The van der Waals surface area contributed by atoms with Gasteiger partial charge in [0.15, 0.2) is 0 Å². The Balaban J connectivity index is 1.60. The Morgan fingerprint density at radius 3 is 2.44 bits per heavy atom. The standard InChI is InChI=1S/C29H30ClF3N2O/c1-28(15-13-20-11-12-26(34)25(30)17-20,18-22-9-5-6-10-24(22)29(31,32)33)23-14-16-35(19-23)27(36)21-7-3-2-4-8-21/h2-12,17,23H,13-16,18-19,34H2,1H3/t23?,28-/m1/s1. The monoisotopic (exact) mass is 514 g/mol. The van der Waals surface area contributed by atoms with Gasteiger partial charge in [0.1, 0.15) is 0 Å². The highest BCUT2D eigenvalue weighted by Gasteiger charge is 2.42. The van der Waals surface area contributed by atoms with Crippen LogP contribution < -0.4 is 5.73 Å². The molecule has 2 atom stereocenters. The summed E-state index contributed by atoms with van der Waals surface area (Å²) in [5.74, 6) is 0.0113. The lowest BCUT2D eigenvalue weighted by atomic mass is 9.68. The Morgan fingerprint density at radius 1 is 1.06 bits per heavy atom. The lowest BCUT2D eigenvalue weighted by Crippen LogP contribution is -2.35. The Labute approximate surface area is 215 Å². The fraction of sp³-hybridized carbons (Fsp3) is 0.345. The van der Waals surface area contributed by atoms with E-state index in [1.807, 2.05) is 35.2 Å². The molecule has 0 saturated carbocycles. The predicted octanol–water partition coefficient (Wildman–Crippen LogP) is 7.28. The number of rotatable bonds is 7. The molecule has 1 aliphatic heterocycles. The van der Waals surface area contributed by atoms with Gasteiger partial charge in [0, 0.05) is 18.7 Å². The van der Waals surface area contributed by atoms with Crippen LogP contribution >= 0.6 is 11.6 Å². The van der Waals surface area contributed by atoms with Crippen LogP contribution in [0.15, 0.2) is 72.8 Å². The molecule has 1 fully saturated rings. The number of nitrogen functional groups attached to an aromatic ring is 1. The van der Waals surface area contributed by atoms with E-state index in [0.29, 0.717) is 42.2 Å². The number of likely N-dealkylation sites (tertiary alicyclic amines) is 1. The highest BCUT2D eigenvalue weighted by molar-refractivity contribution is 6.33. The molecule has 7 heteroatoms. The van der Waals surface area contributed by atoms with Crippen LogP contribution in [0.5, 0.6) is 0 Å². The van der Waals surface area contributed by atoms with Gasteiger partial charge in [0.2, 0.25) is 0 Å². The van der Waals surface area contributed by atoms with E-state index in [-0.39, 0.29) is 23.8 Å². The number of nitrogens with zero attached hydrogens (tertiary/aromatic N) is 1. The molecule has 4 rings (SSSR count). The topological polar surface area (TPSA) is 46.3 Å². The summed E-state index contributed by atoms with van der Waals surface area (Å²) >= 11 is 6.21. The summed E-state index contributed by atoms with van der Waals surface area (Å²) in [6, 6.07) is 20.4. The highest BCUT2D eigenvalue weighted by Crippen LogP contribution is 2.44. The molecule has 2 N–H and O–H groups in total. The molecular weight excluding hydrogens is 485 g/mol. The number of alkyl halides is 3. The first-order valence-corrected chi connectivity index (χ1v) is 12.5. The molecule has 0 aromatic heterocycles. The van der Waals surface area contributed by atoms with Crippen LogP contribution in [-0.4, -0.2) is 23.9 Å². The summed E-state index contributed by atoms with van der Waals surface area (Å²) in [7, 11) is 0. The van der Waals surface area contributed by atoms with E-state index < -0.39 is 17.2 Å². The minimum absolute atomic E-state index is 0.0403. The third-order valence-electron chi connectivity index (χ3n) is 7.45. The average molecular weight is 515 g/mol. The van der Waals surface area contributed by atoms with Crippen molar-refractivity contribution in [2.45, 2.75) is 38.8 Å². The molecule has 1 saturated heterocycles. The van der Waals surface area contributed by atoms with Crippen molar-refractivity contribution in [1.82, 2.24) is 4.90 Å². The van der Waals surface area contributed by atoms with Crippen LogP contribution in [-0.2, 0) is 19.0 Å². The second kappa shape index (κ2) is 10.6. The molecule has 0 spiro atoms. The van der Waals surface area contributed by atoms with E-state index in [2.05, 4.69) is 6.92 Å². The van der Waals surface area contributed by atoms with E-state index in [1.54, 1.807) is 30.3 Å². The maximum atomic E-state index is 13.8. The normalized spacial score (nSPS) is 17.7. The van der Waals surface area contributed by atoms with Gasteiger partial charge in [-0.05, 0) is 78.5 Å². The number of amides is 1. The second-order valence-corrected chi connectivity index (χ2v) is 10.4. The number of hydrogen-bond donors (Lipinski definition) is 1. The Bertz CT molecular complexity index is 1210. The van der Waals surface area contributed by atoms with Gasteiger partial charge < -0.3 is 10.6 Å². The third-order valence-corrected chi connectivity index (χ3v) is 7.78. The highest BCUT2D eigenvalue weighted by atomic mass is 35.5. The average Bonchev–Trinajstić information content (AvgIpc) is 3.36. The number of aryl methyl sites for hydroxylation is 1. The maximum Gasteiger partial charge on any atom is 0.416 e. The Kier molecular flexibility index (Phi) is 7.65. The van der Waals surface area contributed by atoms with Gasteiger partial charge in [-0.25, -0.2) is 0 Å². The molecule has 1 heterocycles. The molecule has 0 radical (unpaired) electrons. The fourth-order valence-electron chi connectivity index (χ4n) is 5.26. The largest absolute Gasteiger partial charge is 0.416 e. The van der Waals surface area contributed by atoms with Gasteiger partial charge in [0.05, 0.1) is 16.3 Å². The molecule has 1 amide bonds. The first-order valence-electron chi connectivity index (χ1n) is 12.1. The molecule has 36 heavy (non-hydrogen) atoms. The Hall–Kier alpha value is -2.99. The van der Waals surface area contributed by atoms with Crippen molar-refractivity contribution in [3.63, 3.8) is 0 Å². The van der Waals surface area contributed by atoms with Crippen LogP contribution in [0.3, 0.4) is 0 Å². The zero-order valence-corrected chi connectivity index (χ0v) is 20.9. The maximum absolute atomic E-state index is 13.8. The zero-order valence-electron chi connectivity index (χ0n) is 20.2. The van der Waals surface area contributed by atoms with Gasteiger partial charge in [0.25, 0.3) is 5.91 Å². The SMILES string of the molecule is C[C@@](CCc1ccc(N)c(Cl)c1)(Cc1ccccc1C(F)(F)F)C1CCN(C(=O)c2ccccc2)C1. The van der Waals surface area contributed by atoms with Gasteiger partial charge in [-0.15, -0.1) is 0 Å². The number of nitrogens with two attached hydrogens (primary N) is 1. The van der Waals surface area contributed by atoms with E-state index in [9.17, 15) is 18.0 Å². The van der Waals surface area contributed by atoms with E-state index >= 15 is 0 Å². The van der Waals surface area contributed by atoms with E-state index in [0.717, 1.165) is 18.1 Å². The molecule has 0 bridgehead atoms. The number of carbonyl (C=O) groups is 1. The molecule has 0 aliphatic carbocycles. The van der Waals surface area contributed by atoms with Gasteiger partial charge in [-0.3, -0.25) is 4.79 Å². The number of anilines is 1. The summed E-state index contributed by atoms with van der Waals surface area (Å²) in [6.45, 7) is 3.16. The molecule has 3 aromatic rings. The summed E-state index contributed by atoms with van der Waals surface area (Å²) in [5, 5.41) is 0.470. The van der Waals surface area contributed by atoms with Crippen LogP contribution in [0.1, 0.15) is 46.8 Å². The van der Waals surface area contributed by atoms with Crippen molar-refractivity contribution in [2.75, 3.05) is 18.8 Å². The van der Waals surface area contributed by atoms with E-state index in [1.165, 1.54) is 6.07 Å². The minimum atomic E-state index is -4.42. The lowest BCUT2D eigenvalue weighted by Gasteiger charge is -2.37. The van der Waals surface area contributed by atoms with Gasteiger partial charge in [-0.2, -0.15) is 13.2 Å². The van der Waals surface area contributed by atoms with E-state index in [4.69, 9.17) is 17.3 Å². The van der Waals surface area contributed by atoms with Crippen molar-refractivity contribution in [3.8, 4) is 0 Å². The zero-order chi connectivity index (χ0) is 25.9. The molecule has 3 aromatic carbocycles. The summed E-state index contributed by atoms with van der Waals surface area (Å²) in [5.41, 5.74) is 7.17. The summed E-state index contributed by atoms with van der Waals surface area (Å²) < 4.78 is 41.4. The van der Waals surface area contributed by atoms with Gasteiger partial charge in [-0.1, -0.05) is 61.0 Å². The van der Waals surface area contributed by atoms with Crippen LogP contribution in [0, 0.1) is 11.3 Å². The quantitative estimate of drug-likeness (QED) is 0.337. The minimum Gasteiger partial charge on any atom is -0.398 e. The predicted molar refractivity (Wildman–Crippen MR) is 138 cm³/mol. The molecule has 1 aliphatic rings. The molecule has 190 valence electrons. The van der Waals surface area contributed by atoms with Gasteiger partial charge >= 0.3 is 6.18 Å². The van der Waals surface area contributed by atoms with Crippen LogP contribution in [0.2, 0.25) is 5.02 Å². The van der Waals surface area contributed by atoms with Crippen molar-refractivity contribution in [3.05, 3.63) is 100 Å². The number of halogens is 4. The van der Waals surface area contributed by atoms with Crippen molar-refractivity contribution in [1.29, 1.82) is 0 Å². The van der Waals surface area contributed by atoms with Crippen molar-refractivity contribution in [2.24, 2.45) is 11.3 Å². The Morgan fingerprint density at radius 2 is 1.75 bits per heavy atom. The second-order valence-electron chi connectivity index (χ2n) is 9.94. The number of benzene rings is 3. The summed E-state index contributed by atoms with van der Waals surface area (Å²) in [4.78, 5) is 14.9. The smallest absolute Gasteiger partial charge is 0.398 e. The molecular formula is C29H30ClF3N2O. The van der Waals surface area contributed by atoms with Crippen LogP contribution in [0.4, 0.5) is 18.9 Å². The third kappa shape index (κ3) is 5.86. The number of hydrogen-bond acceptors (Lipinski definition) is 2. The first-order chi connectivity index (χ1) is 17.1. The fourth-order valence-corrected chi connectivity index (χ4v) is 5.46. The molecule has 1 unspecified atom stereocenters.